The molecule has 20 heavy (non-hydrogen) atoms. The number of ketones is 1. The molecule has 2 aromatic rings. The molecule has 1 aliphatic rings. The number of nitrogens with zero attached hydrogens (tertiary/aromatic N) is 1. The van der Waals surface area contributed by atoms with E-state index >= 15 is 0 Å². The number of halogens is 1. The van der Waals surface area contributed by atoms with Gasteiger partial charge >= 0.3 is 0 Å². The van der Waals surface area contributed by atoms with Crippen molar-refractivity contribution in [3.8, 4) is 0 Å². The summed E-state index contributed by atoms with van der Waals surface area (Å²) in [6.45, 7) is 3.11. The molecule has 2 nitrogen and oxygen atoms in total. The zero-order valence-corrected chi connectivity index (χ0v) is 11.9. The van der Waals surface area contributed by atoms with Crippen LogP contribution < -0.4 is 0 Å². The summed E-state index contributed by atoms with van der Waals surface area (Å²) in [6, 6.07) is 14.9. The van der Waals surface area contributed by atoms with Crippen molar-refractivity contribution in [1.29, 1.82) is 0 Å². The first-order valence-electron chi connectivity index (χ1n) is 6.84. The molecule has 0 saturated carbocycles. The summed E-state index contributed by atoms with van der Waals surface area (Å²) in [7, 11) is 0. The average molecular weight is 286 g/mol. The van der Waals surface area contributed by atoms with Crippen LogP contribution in [0.5, 0.6) is 0 Å². The summed E-state index contributed by atoms with van der Waals surface area (Å²) in [4.78, 5) is 15.0. The van der Waals surface area contributed by atoms with Gasteiger partial charge in [0.1, 0.15) is 0 Å². The van der Waals surface area contributed by atoms with Gasteiger partial charge in [-0.25, -0.2) is 0 Å². The molecule has 1 heterocycles. The Bertz CT molecular complexity index is 617. The first kappa shape index (κ1) is 13.3. The SMILES string of the molecule is O=C(c1ccc(Cl)cc1)c1ccccc1CN1CCC1. The Hall–Kier alpha value is -1.64. The molecule has 0 atom stereocenters. The maximum atomic E-state index is 12.6. The fraction of sp³-hybridized carbons (Fsp3) is 0.235. The standard InChI is InChI=1S/C17H16ClNO/c18-15-8-6-13(7-9-15)17(20)16-5-2-1-4-14(16)12-19-10-3-11-19/h1-2,4-9H,3,10-12H2. The minimum absolute atomic E-state index is 0.0674. The van der Waals surface area contributed by atoms with E-state index in [9.17, 15) is 4.79 Å². The highest BCUT2D eigenvalue weighted by atomic mass is 35.5. The van der Waals surface area contributed by atoms with Crippen molar-refractivity contribution in [2.75, 3.05) is 13.1 Å². The summed E-state index contributed by atoms with van der Waals surface area (Å²) in [6.07, 6.45) is 1.26. The zero-order valence-electron chi connectivity index (χ0n) is 11.2. The fourth-order valence-electron chi connectivity index (χ4n) is 2.42. The van der Waals surface area contributed by atoms with E-state index in [2.05, 4.69) is 4.90 Å². The number of carbonyl (C=O) groups is 1. The van der Waals surface area contributed by atoms with Gasteiger partial charge in [0.05, 0.1) is 0 Å². The number of rotatable bonds is 4. The van der Waals surface area contributed by atoms with Crippen molar-refractivity contribution >= 4 is 17.4 Å². The van der Waals surface area contributed by atoms with Crippen molar-refractivity contribution < 1.29 is 4.79 Å². The van der Waals surface area contributed by atoms with Gasteiger partial charge in [0.25, 0.3) is 0 Å². The molecule has 2 aromatic carbocycles. The van der Waals surface area contributed by atoms with Crippen LogP contribution >= 0.6 is 11.6 Å². The summed E-state index contributed by atoms with van der Waals surface area (Å²) in [5, 5.41) is 0.649. The molecule has 1 saturated heterocycles. The zero-order chi connectivity index (χ0) is 13.9. The third-order valence-electron chi connectivity index (χ3n) is 3.71. The summed E-state index contributed by atoms with van der Waals surface area (Å²) in [5.74, 6) is 0.0674. The smallest absolute Gasteiger partial charge is 0.193 e. The van der Waals surface area contributed by atoms with Gasteiger partial charge in [-0.05, 0) is 49.3 Å². The van der Waals surface area contributed by atoms with Crippen molar-refractivity contribution in [1.82, 2.24) is 4.90 Å². The average Bonchev–Trinajstić information content (AvgIpc) is 2.43. The van der Waals surface area contributed by atoms with Crippen LogP contribution in [-0.4, -0.2) is 23.8 Å². The minimum atomic E-state index is 0.0674. The Morgan fingerprint density at radius 3 is 2.40 bits per heavy atom. The number of likely N-dealkylation sites (tertiary alicyclic amines) is 1. The third kappa shape index (κ3) is 2.77. The van der Waals surface area contributed by atoms with Crippen LogP contribution in [0, 0.1) is 0 Å². The first-order valence-corrected chi connectivity index (χ1v) is 7.22. The highest BCUT2D eigenvalue weighted by Crippen LogP contribution is 2.20. The van der Waals surface area contributed by atoms with Crippen LogP contribution in [0.25, 0.3) is 0 Å². The summed E-state index contributed by atoms with van der Waals surface area (Å²) in [5.41, 5.74) is 2.58. The molecule has 0 bridgehead atoms. The molecule has 0 aliphatic carbocycles. The van der Waals surface area contributed by atoms with Crippen molar-refractivity contribution in [3.05, 3.63) is 70.2 Å². The highest BCUT2D eigenvalue weighted by Gasteiger charge is 2.18. The number of benzene rings is 2. The number of hydrogen-bond acceptors (Lipinski definition) is 2. The van der Waals surface area contributed by atoms with Gasteiger partial charge in [0.15, 0.2) is 5.78 Å². The molecule has 0 aromatic heterocycles. The van der Waals surface area contributed by atoms with Crippen molar-refractivity contribution in [2.24, 2.45) is 0 Å². The molecule has 0 N–H and O–H groups in total. The molecule has 102 valence electrons. The van der Waals surface area contributed by atoms with E-state index in [1.54, 1.807) is 24.3 Å². The normalized spacial score (nSPS) is 14.8. The van der Waals surface area contributed by atoms with Crippen LogP contribution in [0.3, 0.4) is 0 Å². The lowest BCUT2D eigenvalue weighted by Crippen LogP contribution is -2.36. The van der Waals surface area contributed by atoms with Gasteiger partial charge in [0, 0.05) is 22.7 Å². The molecule has 0 spiro atoms. The predicted octanol–water partition coefficient (Wildman–Crippen LogP) is 3.78. The van der Waals surface area contributed by atoms with Gasteiger partial charge < -0.3 is 0 Å². The molecular formula is C17H16ClNO. The van der Waals surface area contributed by atoms with Gasteiger partial charge in [-0.3, -0.25) is 9.69 Å². The van der Waals surface area contributed by atoms with Crippen molar-refractivity contribution in [3.63, 3.8) is 0 Å². The van der Waals surface area contributed by atoms with E-state index in [1.165, 1.54) is 6.42 Å². The predicted molar refractivity (Wildman–Crippen MR) is 81.2 cm³/mol. The van der Waals surface area contributed by atoms with E-state index in [0.29, 0.717) is 10.6 Å². The first-order chi connectivity index (χ1) is 9.74. The van der Waals surface area contributed by atoms with Crippen molar-refractivity contribution in [2.45, 2.75) is 13.0 Å². The molecule has 3 rings (SSSR count). The number of hydrogen-bond donors (Lipinski definition) is 0. The Kier molecular flexibility index (Phi) is 3.86. The second kappa shape index (κ2) is 5.78. The van der Waals surface area contributed by atoms with Gasteiger partial charge in [-0.1, -0.05) is 35.9 Å². The molecule has 3 heteroatoms. The highest BCUT2D eigenvalue weighted by molar-refractivity contribution is 6.30. The molecule has 0 amide bonds. The van der Waals surface area contributed by atoms with Crippen LogP contribution in [0.4, 0.5) is 0 Å². The van der Waals surface area contributed by atoms with E-state index in [1.807, 2.05) is 24.3 Å². The van der Waals surface area contributed by atoms with Crippen LogP contribution in [0.1, 0.15) is 27.9 Å². The van der Waals surface area contributed by atoms with Crippen LogP contribution in [0.2, 0.25) is 5.02 Å². The lowest BCUT2D eigenvalue weighted by Gasteiger charge is -2.31. The largest absolute Gasteiger partial charge is 0.299 e. The Morgan fingerprint density at radius 1 is 1.05 bits per heavy atom. The molecule has 1 aliphatic heterocycles. The Labute approximate surface area is 124 Å². The van der Waals surface area contributed by atoms with E-state index in [4.69, 9.17) is 11.6 Å². The molecular weight excluding hydrogens is 270 g/mol. The van der Waals surface area contributed by atoms with Crippen LogP contribution in [-0.2, 0) is 6.54 Å². The van der Waals surface area contributed by atoms with E-state index < -0.39 is 0 Å². The summed E-state index contributed by atoms with van der Waals surface area (Å²) < 4.78 is 0. The second-order valence-corrected chi connectivity index (χ2v) is 5.56. The quantitative estimate of drug-likeness (QED) is 0.797. The monoisotopic (exact) mass is 285 g/mol. The number of carbonyl (C=O) groups excluding carboxylic acids is 1. The fourth-order valence-corrected chi connectivity index (χ4v) is 2.54. The lowest BCUT2D eigenvalue weighted by atomic mass is 9.97. The van der Waals surface area contributed by atoms with Gasteiger partial charge in [0.2, 0.25) is 0 Å². The summed E-state index contributed by atoms with van der Waals surface area (Å²) >= 11 is 5.87. The van der Waals surface area contributed by atoms with Gasteiger partial charge in [-0.2, -0.15) is 0 Å². The van der Waals surface area contributed by atoms with E-state index in [0.717, 1.165) is 30.8 Å². The topological polar surface area (TPSA) is 20.3 Å². The maximum absolute atomic E-state index is 12.6. The maximum Gasteiger partial charge on any atom is 0.193 e. The molecule has 0 radical (unpaired) electrons. The minimum Gasteiger partial charge on any atom is -0.299 e. The second-order valence-electron chi connectivity index (χ2n) is 5.12. The molecule has 0 unspecified atom stereocenters. The van der Waals surface area contributed by atoms with Gasteiger partial charge in [-0.15, -0.1) is 0 Å². The Morgan fingerprint density at radius 2 is 1.75 bits per heavy atom. The Balaban J connectivity index is 1.88. The van der Waals surface area contributed by atoms with E-state index in [-0.39, 0.29) is 5.78 Å². The van der Waals surface area contributed by atoms with Crippen LogP contribution in [0.15, 0.2) is 48.5 Å². The lowest BCUT2D eigenvalue weighted by molar-refractivity contribution is 0.103. The molecule has 1 fully saturated rings. The third-order valence-corrected chi connectivity index (χ3v) is 3.96.